The van der Waals surface area contributed by atoms with Crippen LogP contribution >= 0.6 is 22.9 Å². The zero-order chi connectivity index (χ0) is 20.5. The SMILES string of the molecule is COc1ccc(Cl)cc1C(=O)/N=c1\sc(C)cn1Cc1ccc(C(F)(F)F)o1. The third-order valence-electron chi connectivity index (χ3n) is 3.69. The minimum Gasteiger partial charge on any atom is -0.496 e. The van der Waals surface area contributed by atoms with Gasteiger partial charge in [-0.2, -0.15) is 18.2 Å². The summed E-state index contributed by atoms with van der Waals surface area (Å²) in [7, 11) is 1.42. The van der Waals surface area contributed by atoms with Crippen molar-refractivity contribution in [2.24, 2.45) is 4.99 Å². The van der Waals surface area contributed by atoms with Crippen LogP contribution < -0.4 is 9.54 Å². The maximum atomic E-state index is 12.7. The molecule has 0 atom stereocenters. The molecule has 0 aliphatic rings. The minimum atomic E-state index is -4.56. The number of hydrogen-bond donors (Lipinski definition) is 0. The van der Waals surface area contributed by atoms with Gasteiger partial charge in [0, 0.05) is 16.1 Å². The summed E-state index contributed by atoms with van der Waals surface area (Å²) in [6.07, 6.45) is -2.87. The van der Waals surface area contributed by atoms with Gasteiger partial charge in [-0.25, -0.2) is 0 Å². The van der Waals surface area contributed by atoms with Crippen molar-refractivity contribution in [3.8, 4) is 5.75 Å². The van der Waals surface area contributed by atoms with Crippen molar-refractivity contribution in [1.29, 1.82) is 0 Å². The maximum absolute atomic E-state index is 12.7. The van der Waals surface area contributed by atoms with Crippen LogP contribution in [0.15, 0.2) is 45.9 Å². The first kappa shape index (κ1) is 20.2. The number of benzene rings is 1. The second-order valence-corrected chi connectivity index (χ2v) is 7.43. The van der Waals surface area contributed by atoms with Crippen molar-refractivity contribution in [2.75, 3.05) is 7.11 Å². The maximum Gasteiger partial charge on any atom is 0.449 e. The topological polar surface area (TPSA) is 56.7 Å². The molecule has 2 heterocycles. The van der Waals surface area contributed by atoms with Gasteiger partial charge in [0.1, 0.15) is 11.5 Å². The summed E-state index contributed by atoms with van der Waals surface area (Å²) in [6, 6.07) is 6.70. The Bertz CT molecular complexity index is 1080. The van der Waals surface area contributed by atoms with Gasteiger partial charge < -0.3 is 13.7 Å². The number of aryl methyl sites for hydroxylation is 1. The van der Waals surface area contributed by atoms with E-state index in [9.17, 15) is 18.0 Å². The number of aromatic nitrogens is 1. The number of rotatable bonds is 4. The molecule has 148 valence electrons. The fraction of sp³-hybridized carbons (Fsp3) is 0.222. The van der Waals surface area contributed by atoms with Gasteiger partial charge in [0.05, 0.1) is 19.2 Å². The Morgan fingerprint density at radius 2 is 2.07 bits per heavy atom. The molecule has 0 bridgehead atoms. The summed E-state index contributed by atoms with van der Waals surface area (Å²) in [6.45, 7) is 1.80. The van der Waals surface area contributed by atoms with E-state index in [1.807, 2.05) is 0 Å². The number of ether oxygens (including phenoxy) is 1. The number of carbonyl (C=O) groups excluding carboxylic acids is 1. The predicted octanol–water partition coefficient (Wildman–Crippen LogP) is 4.92. The largest absolute Gasteiger partial charge is 0.496 e. The highest BCUT2D eigenvalue weighted by Gasteiger charge is 2.34. The molecule has 0 unspecified atom stereocenters. The molecule has 1 amide bonds. The Kier molecular flexibility index (Phi) is 5.66. The van der Waals surface area contributed by atoms with Crippen LogP contribution in [0.25, 0.3) is 0 Å². The number of thiazole rings is 1. The van der Waals surface area contributed by atoms with E-state index in [1.165, 1.54) is 30.6 Å². The molecule has 5 nitrogen and oxygen atoms in total. The molecule has 3 rings (SSSR count). The van der Waals surface area contributed by atoms with Crippen LogP contribution in [0, 0.1) is 6.92 Å². The second-order valence-electron chi connectivity index (χ2n) is 5.78. The van der Waals surface area contributed by atoms with Crippen molar-refractivity contribution in [3.63, 3.8) is 0 Å². The van der Waals surface area contributed by atoms with Crippen molar-refractivity contribution < 1.29 is 27.1 Å². The van der Waals surface area contributed by atoms with E-state index < -0.39 is 17.8 Å². The van der Waals surface area contributed by atoms with E-state index in [-0.39, 0.29) is 17.9 Å². The fourth-order valence-electron chi connectivity index (χ4n) is 2.48. The molecule has 28 heavy (non-hydrogen) atoms. The lowest BCUT2D eigenvalue weighted by Crippen LogP contribution is -2.17. The monoisotopic (exact) mass is 430 g/mol. The van der Waals surface area contributed by atoms with Gasteiger partial charge in [0.15, 0.2) is 4.80 Å². The molecule has 0 radical (unpaired) electrons. The van der Waals surface area contributed by atoms with Crippen LogP contribution in [0.3, 0.4) is 0 Å². The number of halogens is 4. The lowest BCUT2D eigenvalue weighted by Gasteiger charge is -2.05. The number of amides is 1. The van der Waals surface area contributed by atoms with Crippen LogP contribution in [-0.2, 0) is 12.7 Å². The van der Waals surface area contributed by atoms with Crippen molar-refractivity contribution in [3.05, 3.63) is 68.3 Å². The highest BCUT2D eigenvalue weighted by molar-refractivity contribution is 7.09. The standard InChI is InChI=1S/C18H14ClF3N2O3S/c1-10-8-24(9-12-4-6-15(27-12)18(20,21)22)17(28-10)23-16(25)13-7-11(19)3-5-14(13)26-2/h3-8H,9H2,1-2H3/b23-17-. The summed E-state index contributed by atoms with van der Waals surface area (Å²) in [5.74, 6) is -1.24. The van der Waals surface area contributed by atoms with Gasteiger partial charge in [-0.15, -0.1) is 11.3 Å². The van der Waals surface area contributed by atoms with Gasteiger partial charge in [-0.1, -0.05) is 11.6 Å². The van der Waals surface area contributed by atoms with Crippen LogP contribution in [0.2, 0.25) is 5.02 Å². The van der Waals surface area contributed by atoms with Crippen molar-refractivity contribution in [2.45, 2.75) is 19.6 Å². The highest BCUT2D eigenvalue weighted by Crippen LogP contribution is 2.30. The molecule has 0 N–H and O–H groups in total. The molecule has 10 heteroatoms. The smallest absolute Gasteiger partial charge is 0.449 e. The fourth-order valence-corrected chi connectivity index (χ4v) is 3.48. The quantitative estimate of drug-likeness (QED) is 0.590. The summed E-state index contributed by atoms with van der Waals surface area (Å²) >= 11 is 7.17. The number of methoxy groups -OCH3 is 1. The molecule has 0 aliphatic heterocycles. The van der Waals surface area contributed by atoms with E-state index in [0.29, 0.717) is 15.6 Å². The Morgan fingerprint density at radius 3 is 2.71 bits per heavy atom. The second kappa shape index (κ2) is 7.84. The van der Waals surface area contributed by atoms with E-state index in [4.69, 9.17) is 20.8 Å². The summed E-state index contributed by atoms with van der Waals surface area (Å²) in [5, 5.41) is 0.352. The highest BCUT2D eigenvalue weighted by atomic mass is 35.5. The van der Waals surface area contributed by atoms with Crippen molar-refractivity contribution in [1.82, 2.24) is 4.57 Å². The number of alkyl halides is 3. The first-order valence-electron chi connectivity index (χ1n) is 7.93. The average Bonchev–Trinajstić information content (AvgIpc) is 3.22. The molecular weight excluding hydrogens is 417 g/mol. The van der Waals surface area contributed by atoms with Gasteiger partial charge in [0.25, 0.3) is 5.91 Å². The molecule has 0 fully saturated rings. The van der Waals surface area contributed by atoms with Crippen LogP contribution in [0.1, 0.15) is 26.8 Å². The molecule has 0 aliphatic carbocycles. The Hall–Kier alpha value is -2.52. The third-order valence-corrected chi connectivity index (χ3v) is 4.86. The van der Waals surface area contributed by atoms with Crippen molar-refractivity contribution >= 4 is 28.8 Å². The summed E-state index contributed by atoms with van der Waals surface area (Å²) in [5.41, 5.74) is 0.185. The zero-order valence-electron chi connectivity index (χ0n) is 14.7. The lowest BCUT2D eigenvalue weighted by molar-refractivity contribution is -0.153. The Morgan fingerprint density at radius 1 is 1.32 bits per heavy atom. The third kappa shape index (κ3) is 4.48. The number of furan rings is 1. The van der Waals surface area contributed by atoms with Crippen LogP contribution in [0.4, 0.5) is 13.2 Å². The molecule has 0 saturated heterocycles. The predicted molar refractivity (Wildman–Crippen MR) is 97.8 cm³/mol. The van der Waals surface area contributed by atoms with Gasteiger partial charge in [-0.3, -0.25) is 4.79 Å². The molecule has 0 saturated carbocycles. The number of carbonyl (C=O) groups is 1. The van der Waals surface area contributed by atoms with Gasteiger partial charge in [-0.05, 0) is 37.3 Å². The first-order valence-corrected chi connectivity index (χ1v) is 9.12. The molecule has 2 aromatic heterocycles. The van der Waals surface area contributed by atoms with E-state index >= 15 is 0 Å². The Balaban J connectivity index is 1.95. The molecule has 1 aromatic carbocycles. The first-order chi connectivity index (χ1) is 13.2. The van der Waals surface area contributed by atoms with E-state index in [1.54, 1.807) is 29.8 Å². The van der Waals surface area contributed by atoms with E-state index in [0.717, 1.165) is 10.9 Å². The van der Waals surface area contributed by atoms with Gasteiger partial charge in [0.2, 0.25) is 5.76 Å². The molecule has 0 spiro atoms. The average molecular weight is 431 g/mol. The van der Waals surface area contributed by atoms with Crippen LogP contribution in [0.5, 0.6) is 5.75 Å². The summed E-state index contributed by atoms with van der Waals surface area (Å²) in [4.78, 5) is 17.8. The lowest BCUT2D eigenvalue weighted by atomic mass is 10.2. The Labute approximate surface area is 166 Å². The number of hydrogen-bond acceptors (Lipinski definition) is 4. The van der Waals surface area contributed by atoms with Gasteiger partial charge >= 0.3 is 6.18 Å². The normalized spacial score (nSPS) is 12.4. The minimum absolute atomic E-state index is 0.000780. The summed E-state index contributed by atoms with van der Waals surface area (Å²) < 4.78 is 49.7. The van der Waals surface area contributed by atoms with Crippen LogP contribution in [-0.4, -0.2) is 17.6 Å². The molecular formula is C18H14ClF3N2O3S. The van der Waals surface area contributed by atoms with E-state index in [2.05, 4.69) is 4.99 Å². The number of nitrogens with zero attached hydrogens (tertiary/aromatic N) is 2. The zero-order valence-corrected chi connectivity index (χ0v) is 16.3. The molecule has 3 aromatic rings.